The highest BCUT2D eigenvalue weighted by Gasteiger charge is 2.31. The molecule has 0 saturated heterocycles. The Morgan fingerprint density at radius 2 is 2.11 bits per heavy atom. The molecule has 2 aromatic carbocycles. The second-order valence-corrected chi connectivity index (χ2v) is 6.46. The van der Waals surface area contributed by atoms with Crippen LogP contribution >= 0.6 is 11.6 Å². The number of halogens is 1. The Morgan fingerprint density at radius 1 is 1.26 bits per heavy atom. The predicted molar refractivity (Wildman–Crippen MR) is 100 cm³/mol. The van der Waals surface area contributed by atoms with Crippen LogP contribution in [0.3, 0.4) is 0 Å². The Hall–Kier alpha value is -3.06. The summed E-state index contributed by atoms with van der Waals surface area (Å²) in [4.78, 5) is 16.2. The van der Waals surface area contributed by atoms with Gasteiger partial charge in [0, 0.05) is 16.1 Å². The number of anilines is 1. The number of methoxy groups -OCH3 is 1. The van der Waals surface area contributed by atoms with E-state index in [1.807, 2.05) is 42.5 Å². The van der Waals surface area contributed by atoms with Gasteiger partial charge in [-0.2, -0.15) is 10.1 Å². The topological polar surface area (TPSA) is 78.3 Å². The molecule has 0 spiro atoms. The van der Waals surface area contributed by atoms with Crippen molar-refractivity contribution >= 4 is 23.5 Å². The number of para-hydroxylation sites is 1. The van der Waals surface area contributed by atoms with Gasteiger partial charge < -0.3 is 9.47 Å². The molecule has 1 aliphatic rings. The molecule has 27 heavy (non-hydrogen) atoms. The summed E-state index contributed by atoms with van der Waals surface area (Å²) in [5.41, 5.74) is 1.65. The standard InChI is InChI=1S/C19H17ClN4O3/c1-26-16-8-4-6-13(15-9-17(25)23-19-21-11-22-24(15)19)18(16)27-10-12-5-2-3-7-14(12)20/h2-8,11,15H,9-10H2,1H3,(H,21,22,23,25)/t15-/m0/s1. The average Bonchev–Trinajstić information content (AvgIpc) is 3.15. The fourth-order valence-electron chi connectivity index (χ4n) is 3.12. The first-order valence-corrected chi connectivity index (χ1v) is 8.77. The lowest BCUT2D eigenvalue weighted by atomic mass is 10.0. The number of nitrogens with zero attached hydrogens (tertiary/aromatic N) is 3. The lowest BCUT2D eigenvalue weighted by Crippen LogP contribution is -2.29. The highest BCUT2D eigenvalue weighted by atomic mass is 35.5. The van der Waals surface area contributed by atoms with Crippen molar-refractivity contribution in [3.05, 3.63) is 64.9 Å². The minimum Gasteiger partial charge on any atom is -0.493 e. The van der Waals surface area contributed by atoms with E-state index in [2.05, 4.69) is 15.4 Å². The van der Waals surface area contributed by atoms with Crippen LogP contribution in [0.4, 0.5) is 5.95 Å². The maximum absolute atomic E-state index is 12.1. The maximum Gasteiger partial charge on any atom is 0.229 e. The molecule has 0 saturated carbocycles. The molecule has 7 nitrogen and oxygen atoms in total. The van der Waals surface area contributed by atoms with E-state index in [1.54, 1.807) is 11.8 Å². The van der Waals surface area contributed by atoms with Crippen LogP contribution in [0, 0.1) is 0 Å². The van der Waals surface area contributed by atoms with Crippen molar-refractivity contribution in [2.45, 2.75) is 19.1 Å². The molecule has 1 atom stereocenters. The minimum atomic E-state index is -0.340. The highest BCUT2D eigenvalue weighted by molar-refractivity contribution is 6.31. The lowest BCUT2D eigenvalue weighted by molar-refractivity contribution is -0.117. The summed E-state index contributed by atoms with van der Waals surface area (Å²) in [6.45, 7) is 0.274. The van der Waals surface area contributed by atoms with Gasteiger partial charge in [0.25, 0.3) is 0 Å². The monoisotopic (exact) mass is 384 g/mol. The number of benzene rings is 2. The van der Waals surface area contributed by atoms with Gasteiger partial charge in [-0.05, 0) is 12.1 Å². The van der Waals surface area contributed by atoms with Crippen LogP contribution in [0.25, 0.3) is 0 Å². The summed E-state index contributed by atoms with van der Waals surface area (Å²) in [5, 5.41) is 7.59. The normalized spacial score (nSPS) is 15.8. The van der Waals surface area contributed by atoms with Gasteiger partial charge in [-0.25, -0.2) is 4.68 Å². The van der Waals surface area contributed by atoms with E-state index in [1.165, 1.54) is 6.33 Å². The van der Waals surface area contributed by atoms with Crippen molar-refractivity contribution in [1.82, 2.24) is 14.8 Å². The first kappa shape index (κ1) is 17.4. The molecule has 1 N–H and O–H groups in total. The molecule has 138 valence electrons. The SMILES string of the molecule is COc1cccc([C@@H]2CC(=O)Nc3ncnn32)c1OCc1ccccc1Cl. The summed E-state index contributed by atoms with van der Waals surface area (Å²) in [7, 11) is 1.58. The molecule has 4 rings (SSSR count). The van der Waals surface area contributed by atoms with Gasteiger partial charge in [-0.1, -0.05) is 41.9 Å². The van der Waals surface area contributed by atoms with Crippen LogP contribution < -0.4 is 14.8 Å². The van der Waals surface area contributed by atoms with Gasteiger partial charge in [0.05, 0.1) is 19.6 Å². The van der Waals surface area contributed by atoms with Crippen molar-refractivity contribution < 1.29 is 14.3 Å². The van der Waals surface area contributed by atoms with Crippen molar-refractivity contribution in [2.24, 2.45) is 0 Å². The van der Waals surface area contributed by atoms with Gasteiger partial charge in [0.15, 0.2) is 11.5 Å². The number of aromatic nitrogens is 3. The molecular weight excluding hydrogens is 368 g/mol. The molecule has 1 aromatic heterocycles. The molecule has 0 aliphatic carbocycles. The number of nitrogens with one attached hydrogen (secondary N) is 1. The number of rotatable bonds is 5. The summed E-state index contributed by atoms with van der Waals surface area (Å²) < 4.78 is 13.3. The second kappa shape index (κ2) is 7.28. The number of carbonyl (C=O) groups excluding carboxylic acids is 1. The van der Waals surface area contributed by atoms with E-state index in [0.29, 0.717) is 22.5 Å². The van der Waals surface area contributed by atoms with E-state index in [-0.39, 0.29) is 25.0 Å². The fourth-order valence-corrected chi connectivity index (χ4v) is 3.31. The van der Waals surface area contributed by atoms with Gasteiger partial charge in [0.1, 0.15) is 12.9 Å². The largest absolute Gasteiger partial charge is 0.493 e. The molecule has 2 heterocycles. The number of carbonyl (C=O) groups is 1. The zero-order chi connectivity index (χ0) is 18.8. The van der Waals surface area contributed by atoms with Gasteiger partial charge in [-0.15, -0.1) is 0 Å². The van der Waals surface area contributed by atoms with E-state index in [9.17, 15) is 4.79 Å². The molecule has 3 aromatic rings. The van der Waals surface area contributed by atoms with Crippen LogP contribution in [0.5, 0.6) is 11.5 Å². The lowest BCUT2D eigenvalue weighted by Gasteiger charge is -2.26. The van der Waals surface area contributed by atoms with Gasteiger partial charge >= 0.3 is 0 Å². The quantitative estimate of drug-likeness (QED) is 0.729. The molecule has 1 aliphatic heterocycles. The number of ether oxygens (including phenoxy) is 2. The van der Waals surface area contributed by atoms with Crippen LogP contribution in [-0.4, -0.2) is 27.8 Å². The van der Waals surface area contributed by atoms with Crippen LogP contribution in [-0.2, 0) is 11.4 Å². The minimum absolute atomic E-state index is 0.125. The Bertz CT molecular complexity index is 989. The van der Waals surface area contributed by atoms with E-state index >= 15 is 0 Å². The molecule has 0 unspecified atom stereocenters. The predicted octanol–water partition coefficient (Wildman–Crippen LogP) is 3.45. The van der Waals surface area contributed by atoms with Crippen LogP contribution in [0.1, 0.15) is 23.6 Å². The second-order valence-electron chi connectivity index (χ2n) is 6.06. The fraction of sp³-hybridized carbons (Fsp3) is 0.211. The Labute approximate surface area is 160 Å². The van der Waals surface area contributed by atoms with E-state index in [4.69, 9.17) is 21.1 Å². The number of amides is 1. The van der Waals surface area contributed by atoms with Crippen molar-refractivity contribution in [1.29, 1.82) is 0 Å². The molecule has 1 amide bonds. The molecule has 0 fully saturated rings. The number of hydrogen-bond acceptors (Lipinski definition) is 5. The van der Waals surface area contributed by atoms with Crippen molar-refractivity contribution in [3.63, 3.8) is 0 Å². The zero-order valence-corrected chi connectivity index (χ0v) is 15.3. The summed E-state index contributed by atoms with van der Waals surface area (Å²) in [6, 6.07) is 12.7. The Kier molecular flexibility index (Phi) is 4.68. The third-order valence-corrected chi connectivity index (χ3v) is 4.79. The molecule has 0 radical (unpaired) electrons. The van der Waals surface area contributed by atoms with Crippen molar-refractivity contribution in [3.8, 4) is 11.5 Å². The zero-order valence-electron chi connectivity index (χ0n) is 14.6. The summed E-state index contributed by atoms with van der Waals surface area (Å²) >= 11 is 6.24. The summed E-state index contributed by atoms with van der Waals surface area (Å²) in [5.74, 6) is 1.42. The van der Waals surface area contributed by atoms with Crippen LogP contribution in [0.2, 0.25) is 5.02 Å². The van der Waals surface area contributed by atoms with Gasteiger partial charge in [-0.3, -0.25) is 10.1 Å². The first-order chi connectivity index (χ1) is 13.2. The molecule has 8 heteroatoms. The summed E-state index contributed by atoms with van der Waals surface area (Å²) in [6.07, 6.45) is 1.64. The van der Waals surface area contributed by atoms with Crippen LogP contribution in [0.15, 0.2) is 48.8 Å². The number of hydrogen-bond donors (Lipinski definition) is 1. The Morgan fingerprint density at radius 3 is 2.93 bits per heavy atom. The van der Waals surface area contributed by atoms with Gasteiger partial charge in [0.2, 0.25) is 11.9 Å². The average molecular weight is 385 g/mol. The third kappa shape index (κ3) is 3.33. The van der Waals surface area contributed by atoms with E-state index in [0.717, 1.165) is 11.1 Å². The third-order valence-electron chi connectivity index (χ3n) is 4.42. The Balaban J connectivity index is 1.72. The first-order valence-electron chi connectivity index (χ1n) is 8.40. The molecule has 0 bridgehead atoms. The van der Waals surface area contributed by atoms with Crippen molar-refractivity contribution in [2.75, 3.05) is 12.4 Å². The smallest absolute Gasteiger partial charge is 0.229 e. The maximum atomic E-state index is 12.1. The highest BCUT2D eigenvalue weighted by Crippen LogP contribution is 2.40. The number of fused-ring (bicyclic) bond motifs is 1. The van der Waals surface area contributed by atoms with E-state index < -0.39 is 0 Å². The molecular formula is C19H17ClN4O3.